The fourth-order valence-corrected chi connectivity index (χ4v) is 10.2. The number of pyridine rings is 1. The lowest BCUT2D eigenvalue weighted by Gasteiger charge is -2.16. The molecule has 324 valence electrons. The van der Waals surface area contributed by atoms with E-state index in [-0.39, 0.29) is 0 Å². The first-order valence-corrected chi connectivity index (χ1v) is 23.6. The Morgan fingerprint density at radius 1 is 0.362 bits per heavy atom. The standard InChI is InChI=1S/C65H43N3O/c1-4-17-42(18-5-1)47-23-14-26-50(37-47)57-41-58(51-27-15-24-48(38-51)43-19-6-2-7-20-43)68-65(67-57)52-28-16-25-49(39-52)44-33-35-46(36-34-44)64-55-40-60-63(54-30-11-13-32-59(54)69-60)61(45-21-8-3-9-22-45)62(55)53-29-10-12-31-56(53)66-64/h1-6,8-19,21-41H,7,20H2. The van der Waals surface area contributed by atoms with Crippen molar-refractivity contribution in [1.82, 2.24) is 15.0 Å². The zero-order chi connectivity index (χ0) is 45.7. The van der Waals surface area contributed by atoms with Gasteiger partial charge in [0.15, 0.2) is 5.82 Å². The van der Waals surface area contributed by atoms with Crippen LogP contribution in [0, 0.1) is 0 Å². The molecule has 0 N–H and O–H groups in total. The van der Waals surface area contributed by atoms with Crippen LogP contribution in [0.15, 0.2) is 241 Å². The number of benzene rings is 9. The molecule has 4 heteroatoms. The van der Waals surface area contributed by atoms with Gasteiger partial charge >= 0.3 is 0 Å². The molecule has 0 atom stereocenters. The third-order valence-electron chi connectivity index (χ3n) is 13.5. The Bertz CT molecular complexity index is 4000. The maximum absolute atomic E-state index is 6.63. The molecule has 0 saturated heterocycles. The number of hydrogen-bond donors (Lipinski definition) is 0. The van der Waals surface area contributed by atoms with E-state index in [1.165, 1.54) is 22.1 Å². The van der Waals surface area contributed by atoms with E-state index in [0.717, 1.165) is 118 Å². The average molecular weight is 882 g/mol. The minimum atomic E-state index is 0.675. The third kappa shape index (κ3) is 7.40. The predicted molar refractivity (Wildman–Crippen MR) is 287 cm³/mol. The van der Waals surface area contributed by atoms with E-state index >= 15 is 0 Å². The number of aromatic nitrogens is 3. The lowest BCUT2D eigenvalue weighted by Crippen LogP contribution is -1.97. The van der Waals surface area contributed by atoms with Crippen molar-refractivity contribution < 1.29 is 4.42 Å². The molecule has 12 aromatic rings. The van der Waals surface area contributed by atoms with Crippen LogP contribution >= 0.6 is 0 Å². The molecule has 3 heterocycles. The van der Waals surface area contributed by atoms with Crippen LogP contribution in [0.3, 0.4) is 0 Å². The summed E-state index contributed by atoms with van der Waals surface area (Å²) in [4.78, 5) is 16.0. The highest BCUT2D eigenvalue weighted by Crippen LogP contribution is 2.46. The molecule has 9 aromatic carbocycles. The lowest BCUT2D eigenvalue weighted by molar-refractivity contribution is 0.669. The highest BCUT2D eigenvalue weighted by atomic mass is 16.3. The van der Waals surface area contributed by atoms with Gasteiger partial charge in [-0.1, -0.05) is 194 Å². The molecule has 0 radical (unpaired) electrons. The van der Waals surface area contributed by atoms with Gasteiger partial charge in [0.2, 0.25) is 0 Å². The fourth-order valence-electron chi connectivity index (χ4n) is 10.2. The van der Waals surface area contributed by atoms with Crippen LogP contribution < -0.4 is 0 Å². The lowest BCUT2D eigenvalue weighted by atomic mass is 9.89. The van der Waals surface area contributed by atoms with Crippen molar-refractivity contribution in [2.75, 3.05) is 0 Å². The molecule has 0 amide bonds. The first-order chi connectivity index (χ1) is 34.2. The predicted octanol–water partition coefficient (Wildman–Crippen LogP) is 17.5. The minimum absolute atomic E-state index is 0.675. The molecule has 0 unspecified atom stereocenters. The number of fused-ring (bicyclic) bond motifs is 6. The van der Waals surface area contributed by atoms with Crippen LogP contribution in [-0.4, -0.2) is 15.0 Å². The van der Waals surface area contributed by atoms with E-state index in [1.807, 2.05) is 6.07 Å². The van der Waals surface area contributed by atoms with Gasteiger partial charge in [-0.15, -0.1) is 0 Å². The van der Waals surface area contributed by atoms with E-state index in [4.69, 9.17) is 19.4 Å². The summed E-state index contributed by atoms with van der Waals surface area (Å²) in [5, 5.41) is 5.55. The maximum atomic E-state index is 6.63. The van der Waals surface area contributed by atoms with E-state index in [1.54, 1.807) is 0 Å². The molecule has 0 saturated carbocycles. The Hall–Kier alpha value is -8.99. The SMILES string of the molecule is C1=CCCC(c2cccc(-c3cc(-c4cccc(-c5ccccc5)c4)nc(-c4cccc(-c5ccc(-c6nc7ccccc7c7c(-c8ccccc8)c8c(cc67)oc6ccccc68)cc5)c4)n3)c2)=C1. The quantitative estimate of drug-likeness (QED) is 0.143. The molecule has 69 heavy (non-hydrogen) atoms. The Labute approximate surface area is 400 Å². The zero-order valence-corrected chi connectivity index (χ0v) is 37.7. The number of hydrogen-bond acceptors (Lipinski definition) is 4. The van der Waals surface area contributed by atoms with E-state index in [9.17, 15) is 0 Å². The summed E-state index contributed by atoms with van der Waals surface area (Å²) in [7, 11) is 0. The molecule has 4 nitrogen and oxygen atoms in total. The first-order valence-electron chi connectivity index (χ1n) is 23.6. The summed E-state index contributed by atoms with van der Waals surface area (Å²) in [6.07, 6.45) is 8.70. The molecular weight excluding hydrogens is 839 g/mol. The van der Waals surface area contributed by atoms with E-state index in [2.05, 4.69) is 231 Å². The minimum Gasteiger partial charge on any atom is -0.456 e. The van der Waals surface area contributed by atoms with Crippen LogP contribution in [0.4, 0.5) is 0 Å². The highest BCUT2D eigenvalue weighted by molar-refractivity contribution is 6.27. The van der Waals surface area contributed by atoms with Gasteiger partial charge in [-0.05, 0) is 94.3 Å². The van der Waals surface area contributed by atoms with Gasteiger partial charge < -0.3 is 4.42 Å². The fraction of sp³-hybridized carbons (Fsp3) is 0.0308. The second-order valence-corrected chi connectivity index (χ2v) is 17.8. The number of para-hydroxylation sites is 2. The van der Waals surface area contributed by atoms with Gasteiger partial charge in [0.25, 0.3) is 0 Å². The molecule has 13 rings (SSSR count). The molecule has 1 aliphatic rings. The van der Waals surface area contributed by atoms with E-state index in [0.29, 0.717) is 5.82 Å². The van der Waals surface area contributed by atoms with Crippen molar-refractivity contribution in [3.8, 4) is 78.5 Å². The molecule has 0 bridgehead atoms. The highest BCUT2D eigenvalue weighted by Gasteiger charge is 2.22. The van der Waals surface area contributed by atoms with Crippen molar-refractivity contribution in [2.24, 2.45) is 0 Å². The van der Waals surface area contributed by atoms with Gasteiger partial charge in [0.05, 0.1) is 22.6 Å². The summed E-state index contributed by atoms with van der Waals surface area (Å²) >= 11 is 0. The summed E-state index contributed by atoms with van der Waals surface area (Å²) < 4.78 is 6.63. The normalized spacial score (nSPS) is 12.6. The third-order valence-corrected chi connectivity index (χ3v) is 13.5. The Morgan fingerprint density at radius 2 is 0.928 bits per heavy atom. The van der Waals surface area contributed by atoms with Crippen molar-refractivity contribution in [2.45, 2.75) is 12.8 Å². The van der Waals surface area contributed by atoms with Crippen LogP contribution in [0.1, 0.15) is 18.4 Å². The Balaban J connectivity index is 0.925. The van der Waals surface area contributed by atoms with Crippen LogP contribution in [0.5, 0.6) is 0 Å². The van der Waals surface area contributed by atoms with Crippen molar-refractivity contribution in [1.29, 1.82) is 0 Å². The van der Waals surface area contributed by atoms with Gasteiger partial charge in [-0.3, -0.25) is 0 Å². The largest absolute Gasteiger partial charge is 0.456 e. The topological polar surface area (TPSA) is 51.8 Å². The van der Waals surface area contributed by atoms with Crippen molar-refractivity contribution in [3.05, 3.63) is 242 Å². The second-order valence-electron chi connectivity index (χ2n) is 17.8. The number of rotatable bonds is 8. The maximum Gasteiger partial charge on any atom is 0.160 e. The summed E-state index contributed by atoms with van der Waals surface area (Å²) in [6.45, 7) is 0. The number of furan rings is 1. The molecule has 1 aliphatic carbocycles. The Morgan fingerprint density at radius 3 is 1.65 bits per heavy atom. The summed E-state index contributed by atoms with van der Waals surface area (Å²) in [5.41, 5.74) is 18.7. The van der Waals surface area contributed by atoms with Gasteiger partial charge in [-0.25, -0.2) is 15.0 Å². The number of nitrogens with zero attached hydrogens (tertiary/aromatic N) is 3. The van der Waals surface area contributed by atoms with Gasteiger partial charge in [-0.2, -0.15) is 0 Å². The van der Waals surface area contributed by atoms with Crippen LogP contribution in [0.2, 0.25) is 0 Å². The van der Waals surface area contributed by atoms with Crippen LogP contribution in [0.25, 0.3) is 128 Å². The van der Waals surface area contributed by atoms with Crippen molar-refractivity contribution >= 4 is 49.2 Å². The molecule has 0 spiro atoms. The number of allylic oxidation sites excluding steroid dienone is 4. The van der Waals surface area contributed by atoms with Gasteiger partial charge in [0.1, 0.15) is 11.2 Å². The summed E-state index contributed by atoms with van der Waals surface area (Å²) in [6, 6.07) is 77.2. The molecule has 3 aromatic heterocycles. The molecule has 0 aliphatic heterocycles. The van der Waals surface area contributed by atoms with E-state index < -0.39 is 0 Å². The van der Waals surface area contributed by atoms with Gasteiger partial charge in [0, 0.05) is 54.7 Å². The molecular formula is C65H43N3O. The smallest absolute Gasteiger partial charge is 0.160 e. The van der Waals surface area contributed by atoms with Crippen LogP contribution in [-0.2, 0) is 0 Å². The summed E-state index contributed by atoms with van der Waals surface area (Å²) in [5.74, 6) is 0.675. The average Bonchev–Trinajstić information content (AvgIpc) is 3.81. The van der Waals surface area contributed by atoms with Crippen molar-refractivity contribution in [3.63, 3.8) is 0 Å². The first kappa shape index (κ1) is 40.3. The second kappa shape index (κ2) is 17.0. The monoisotopic (exact) mass is 881 g/mol. The molecule has 0 fully saturated rings. The Kier molecular flexibility index (Phi) is 9.94. The zero-order valence-electron chi connectivity index (χ0n) is 37.7.